The number of hydrogen-bond donors (Lipinski definition) is 4. The largest absolute Gasteiger partial charge is 0.508 e. The van der Waals surface area contributed by atoms with Crippen LogP contribution in [-0.2, 0) is 19.2 Å². The molecule has 2 aromatic carbocycles. The lowest BCUT2D eigenvalue weighted by atomic mass is 10.1. The van der Waals surface area contributed by atoms with Gasteiger partial charge in [0.15, 0.2) is 0 Å². The molecule has 0 heterocycles. The summed E-state index contributed by atoms with van der Waals surface area (Å²) in [5.41, 5.74) is 0. The first-order valence-electron chi connectivity index (χ1n) is 13.6. The van der Waals surface area contributed by atoms with Crippen molar-refractivity contribution in [3.05, 3.63) is 60.2 Å². The van der Waals surface area contributed by atoms with E-state index in [9.17, 15) is 28.0 Å². The van der Waals surface area contributed by atoms with Crippen LogP contribution in [-0.4, -0.2) is 44.3 Å². The second-order valence-corrected chi connectivity index (χ2v) is 9.12. The Labute approximate surface area is 238 Å². The number of benzene rings is 2. The summed E-state index contributed by atoms with van der Waals surface area (Å²) in [7, 11) is 0. The van der Waals surface area contributed by atoms with Crippen molar-refractivity contribution in [3.8, 4) is 11.5 Å². The molecule has 0 saturated heterocycles. The zero-order valence-corrected chi connectivity index (χ0v) is 23.1. The molecule has 2 aromatic rings. The van der Waals surface area contributed by atoms with Crippen molar-refractivity contribution in [1.29, 1.82) is 0 Å². The third-order valence-corrected chi connectivity index (χ3v) is 5.42. The third-order valence-electron chi connectivity index (χ3n) is 5.42. The number of carbonyl (C=O) groups excluding carboxylic acids is 1. The maximum absolute atomic E-state index is 12.6. The average Bonchev–Trinajstić information content (AvgIpc) is 2.91. The summed E-state index contributed by atoms with van der Waals surface area (Å²) in [4.78, 5) is 42.0. The fraction of sp³-hybridized carbons (Fsp3) is 0.467. The summed E-state index contributed by atoms with van der Waals surface area (Å²) in [5, 5.41) is 33.7. The Bertz CT molecular complexity index is 971. The lowest BCUT2D eigenvalue weighted by molar-refractivity contribution is -0.138. The topological polar surface area (TPSA) is 158 Å². The van der Waals surface area contributed by atoms with Crippen LogP contribution in [0.4, 0.5) is 8.78 Å². The van der Waals surface area contributed by atoms with Crippen molar-refractivity contribution < 1.29 is 53.1 Å². The molecule has 11 heteroatoms. The van der Waals surface area contributed by atoms with E-state index in [4.69, 9.17) is 25.2 Å². The number of halogens is 2. The van der Waals surface area contributed by atoms with Gasteiger partial charge >= 0.3 is 23.9 Å². The maximum Gasteiger partial charge on any atom is 0.311 e. The number of unbranched alkanes of at least 4 members (excludes halogenated alkanes) is 8. The summed E-state index contributed by atoms with van der Waals surface area (Å²) < 4.78 is 29.7. The predicted octanol–water partition coefficient (Wildman–Crippen LogP) is 6.96. The summed E-state index contributed by atoms with van der Waals surface area (Å²) >= 11 is 0. The van der Waals surface area contributed by atoms with Gasteiger partial charge in [0.2, 0.25) is 0 Å². The van der Waals surface area contributed by atoms with Crippen LogP contribution >= 0.6 is 0 Å². The highest BCUT2D eigenvalue weighted by Crippen LogP contribution is 2.13. The number of carboxylic acid groups (broad SMARTS) is 3. The van der Waals surface area contributed by atoms with Crippen molar-refractivity contribution in [2.45, 2.75) is 89.9 Å². The van der Waals surface area contributed by atoms with Crippen LogP contribution < -0.4 is 4.74 Å². The second kappa shape index (κ2) is 23.8. The van der Waals surface area contributed by atoms with Crippen LogP contribution in [0, 0.1) is 11.6 Å². The SMILES string of the molecule is O=C(O)CCCCCCCC(=O)O.O=C(O)CCCCCCCC(=O)Oc1ccc(F)cc1.Oc1ccc(F)cc1. The molecule has 2 rings (SSSR count). The number of carbonyl (C=O) groups is 4. The Balaban J connectivity index is 0.000000649. The lowest BCUT2D eigenvalue weighted by Crippen LogP contribution is -2.07. The molecule has 228 valence electrons. The minimum atomic E-state index is -0.770. The normalized spacial score (nSPS) is 9.90. The number of aliphatic carboxylic acids is 3. The van der Waals surface area contributed by atoms with Crippen LogP contribution in [0.1, 0.15) is 89.9 Å². The number of hydrogen-bond acceptors (Lipinski definition) is 6. The Morgan fingerprint density at radius 3 is 1.17 bits per heavy atom. The Morgan fingerprint density at radius 1 is 0.512 bits per heavy atom. The highest BCUT2D eigenvalue weighted by Gasteiger charge is 2.05. The minimum absolute atomic E-state index is 0.0893. The number of phenolic OH excluding ortho intramolecular Hbond substituents is 1. The van der Waals surface area contributed by atoms with E-state index in [0.717, 1.165) is 38.5 Å². The molecule has 9 nitrogen and oxygen atoms in total. The molecular weight excluding hydrogens is 542 g/mol. The number of ether oxygens (including phenoxy) is 1. The first-order valence-corrected chi connectivity index (χ1v) is 13.6. The van der Waals surface area contributed by atoms with Gasteiger partial charge in [-0.25, -0.2) is 8.78 Å². The molecule has 0 fully saturated rings. The van der Waals surface area contributed by atoms with E-state index in [0.29, 0.717) is 37.9 Å². The zero-order chi connectivity index (χ0) is 30.9. The van der Waals surface area contributed by atoms with E-state index in [1.807, 2.05) is 0 Å². The van der Waals surface area contributed by atoms with Crippen molar-refractivity contribution in [2.24, 2.45) is 0 Å². The summed E-state index contributed by atoms with van der Waals surface area (Å²) in [6.45, 7) is 0. The van der Waals surface area contributed by atoms with E-state index in [1.165, 1.54) is 48.5 Å². The molecule has 0 aromatic heterocycles. The molecule has 0 atom stereocenters. The van der Waals surface area contributed by atoms with Crippen LogP contribution in [0.3, 0.4) is 0 Å². The van der Waals surface area contributed by atoms with Gasteiger partial charge in [-0.1, -0.05) is 38.5 Å². The van der Waals surface area contributed by atoms with Gasteiger partial charge in [0.25, 0.3) is 0 Å². The van der Waals surface area contributed by atoms with Gasteiger partial charge in [-0.15, -0.1) is 0 Å². The first-order chi connectivity index (χ1) is 19.5. The monoisotopic (exact) mass is 582 g/mol. The number of esters is 1. The average molecular weight is 583 g/mol. The molecule has 0 aliphatic carbocycles. The van der Waals surface area contributed by atoms with Gasteiger partial charge in [0.1, 0.15) is 23.1 Å². The van der Waals surface area contributed by atoms with Gasteiger partial charge in [0, 0.05) is 25.7 Å². The molecule has 4 N–H and O–H groups in total. The van der Waals surface area contributed by atoms with Crippen LogP contribution in [0.2, 0.25) is 0 Å². The summed E-state index contributed by atoms with van der Waals surface area (Å²) in [6.07, 6.45) is 9.08. The number of carboxylic acids is 3. The van der Waals surface area contributed by atoms with Gasteiger partial charge in [-0.3, -0.25) is 19.2 Å². The summed E-state index contributed by atoms with van der Waals surface area (Å²) in [6, 6.07) is 10.3. The van der Waals surface area contributed by atoms with Crippen molar-refractivity contribution in [2.75, 3.05) is 0 Å². The number of phenols is 1. The Kier molecular flexibility index (Phi) is 21.5. The van der Waals surface area contributed by atoms with Gasteiger partial charge in [-0.2, -0.15) is 0 Å². The molecule has 0 aliphatic heterocycles. The van der Waals surface area contributed by atoms with E-state index in [1.54, 1.807) is 0 Å². The lowest BCUT2D eigenvalue weighted by Gasteiger charge is -2.04. The molecule has 0 amide bonds. The van der Waals surface area contributed by atoms with Crippen LogP contribution in [0.15, 0.2) is 48.5 Å². The first kappa shape index (κ1) is 37.0. The Hall–Kier alpha value is -4.02. The number of aromatic hydroxyl groups is 1. The molecule has 0 saturated carbocycles. The molecule has 41 heavy (non-hydrogen) atoms. The Morgan fingerprint density at radius 2 is 0.829 bits per heavy atom. The van der Waals surface area contributed by atoms with Crippen LogP contribution in [0.25, 0.3) is 0 Å². The standard InChI is InChI=1S/C15H19FO4.C9H16O4.C6H5FO/c16-12-8-10-13(11-9-12)20-15(19)7-5-3-1-2-4-6-14(17)18;10-8(11)6-4-2-1-3-5-7-9(12)13;7-5-1-3-6(8)4-2-5/h8-11H,1-7H2,(H,17,18);1-7H2,(H,10,11)(H,12,13);1-4,8H. The van der Waals surface area contributed by atoms with Gasteiger partial charge < -0.3 is 25.2 Å². The van der Waals surface area contributed by atoms with Gasteiger partial charge in [0.05, 0.1) is 0 Å². The smallest absolute Gasteiger partial charge is 0.311 e. The minimum Gasteiger partial charge on any atom is -0.508 e. The predicted molar refractivity (Wildman–Crippen MR) is 148 cm³/mol. The molecule has 0 spiro atoms. The highest BCUT2D eigenvalue weighted by molar-refractivity contribution is 5.72. The molecule has 0 bridgehead atoms. The van der Waals surface area contributed by atoms with E-state index in [2.05, 4.69) is 0 Å². The van der Waals surface area contributed by atoms with Crippen molar-refractivity contribution >= 4 is 23.9 Å². The second-order valence-electron chi connectivity index (χ2n) is 9.12. The molecule has 0 aliphatic rings. The highest BCUT2D eigenvalue weighted by atomic mass is 19.1. The zero-order valence-electron chi connectivity index (χ0n) is 23.1. The van der Waals surface area contributed by atoms with E-state index < -0.39 is 17.9 Å². The molecule has 0 unspecified atom stereocenters. The summed E-state index contributed by atoms with van der Waals surface area (Å²) in [5.74, 6) is -2.88. The number of rotatable bonds is 17. The maximum atomic E-state index is 12.6. The fourth-order valence-corrected chi connectivity index (χ4v) is 3.28. The van der Waals surface area contributed by atoms with Gasteiger partial charge in [-0.05, 0) is 74.2 Å². The van der Waals surface area contributed by atoms with Crippen molar-refractivity contribution in [1.82, 2.24) is 0 Å². The van der Waals surface area contributed by atoms with E-state index in [-0.39, 0.29) is 42.6 Å². The quantitative estimate of drug-likeness (QED) is 0.0878. The third kappa shape index (κ3) is 26.0. The molecular formula is C30H40F2O9. The van der Waals surface area contributed by atoms with E-state index >= 15 is 0 Å². The van der Waals surface area contributed by atoms with Crippen LogP contribution in [0.5, 0.6) is 11.5 Å². The molecule has 0 radical (unpaired) electrons. The van der Waals surface area contributed by atoms with Crippen molar-refractivity contribution in [3.63, 3.8) is 0 Å². The fourth-order valence-electron chi connectivity index (χ4n) is 3.28.